The fourth-order valence-corrected chi connectivity index (χ4v) is 2.86. The summed E-state index contributed by atoms with van der Waals surface area (Å²) in [6.07, 6.45) is 2.74. The molecule has 1 aliphatic heterocycles. The first kappa shape index (κ1) is 14.8. The minimum Gasteiger partial charge on any atom is -0.390 e. The quantitative estimate of drug-likeness (QED) is 0.880. The first-order chi connectivity index (χ1) is 10.6. The Balaban J connectivity index is 1.80. The predicted octanol–water partition coefficient (Wildman–Crippen LogP) is 1.35. The Morgan fingerprint density at radius 3 is 2.55 bits per heavy atom. The van der Waals surface area contributed by atoms with Gasteiger partial charge in [-0.1, -0.05) is 0 Å². The molecule has 0 unspecified atom stereocenters. The Hall–Kier alpha value is -2.11. The summed E-state index contributed by atoms with van der Waals surface area (Å²) in [5.41, 5.74) is 2.66. The summed E-state index contributed by atoms with van der Waals surface area (Å²) in [7, 11) is 0. The summed E-state index contributed by atoms with van der Waals surface area (Å²) in [4.78, 5) is 14.1. The molecule has 1 aliphatic rings. The number of hydrogen-bond donors (Lipinski definition) is 2. The summed E-state index contributed by atoms with van der Waals surface area (Å²) >= 11 is 0. The topological polar surface area (TPSA) is 65.7 Å². The molecule has 0 radical (unpaired) electrons. The van der Waals surface area contributed by atoms with Crippen LogP contribution in [-0.4, -0.2) is 50.9 Å². The number of piperidine rings is 1. The number of carbonyl (C=O) groups is 1. The maximum Gasteiger partial charge on any atom is 0.253 e. The number of carbonyl (C=O) groups excluding carboxylic acids is 1. The second-order valence-corrected chi connectivity index (χ2v) is 5.77. The van der Waals surface area contributed by atoms with Crippen LogP contribution in [0.3, 0.4) is 0 Å². The number of benzene rings is 1. The van der Waals surface area contributed by atoms with Crippen LogP contribution in [0.5, 0.6) is 0 Å². The lowest BCUT2D eigenvalue weighted by Crippen LogP contribution is -2.48. The minimum atomic E-state index is -0.863. The van der Waals surface area contributed by atoms with E-state index in [0.29, 0.717) is 18.5 Å². The maximum atomic E-state index is 12.5. The normalized spacial score (nSPS) is 21.9. The molecule has 2 heterocycles. The zero-order valence-electron chi connectivity index (χ0n) is 12.5. The van der Waals surface area contributed by atoms with E-state index in [9.17, 15) is 15.0 Å². The van der Waals surface area contributed by atoms with Crippen molar-refractivity contribution in [2.24, 2.45) is 0 Å². The number of nitrogens with zero attached hydrogens (tertiary/aromatic N) is 2. The molecule has 0 spiro atoms. The molecule has 5 nitrogen and oxygen atoms in total. The van der Waals surface area contributed by atoms with Crippen molar-refractivity contribution in [3.05, 3.63) is 53.9 Å². The van der Waals surface area contributed by atoms with Crippen molar-refractivity contribution in [3.8, 4) is 5.69 Å². The van der Waals surface area contributed by atoms with Gasteiger partial charge in [0.05, 0.1) is 12.2 Å². The largest absolute Gasteiger partial charge is 0.390 e. The van der Waals surface area contributed by atoms with Crippen molar-refractivity contribution in [3.63, 3.8) is 0 Å². The van der Waals surface area contributed by atoms with Gasteiger partial charge in [-0.2, -0.15) is 0 Å². The van der Waals surface area contributed by atoms with Crippen molar-refractivity contribution >= 4 is 5.91 Å². The third kappa shape index (κ3) is 2.77. The monoisotopic (exact) mass is 300 g/mol. The van der Waals surface area contributed by atoms with Gasteiger partial charge >= 0.3 is 0 Å². The minimum absolute atomic E-state index is 0.104. The molecule has 2 aromatic rings. The Morgan fingerprint density at radius 2 is 1.91 bits per heavy atom. The summed E-state index contributed by atoms with van der Waals surface area (Å²) < 4.78 is 2.00. The molecule has 0 saturated carbocycles. The predicted molar refractivity (Wildman–Crippen MR) is 83.0 cm³/mol. The molecule has 116 valence electrons. The number of aryl methyl sites for hydroxylation is 1. The third-order valence-electron chi connectivity index (χ3n) is 4.16. The summed E-state index contributed by atoms with van der Waals surface area (Å²) in [5.74, 6) is -0.104. The van der Waals surface area contributed by atoms with Crippen LogP contribution in [0.25, 0.3) is 5.69 Å². The molecule has 22 heavy (non-hydrogen) atoms. The second kappa shape index (κ2) is 5.94. The number of amides is 1. The Morgan fingerprint density at radius 1 is 1.18 bits per heavy atom. The van der Waals surface area contributed by atoms with E-state index in [4.69, 9.17) is 0 Å². The van der Waals surface area contributed by atoms with E-state index in [-0.39, 0.29) is 12.5 Å². The highest BCUT2D eigenvalue weighted by atomic mass is 16.3. The first-order valence-corrected chi connectivity index (χ1v) is 7.45. The van der Waals surface area contributed by atoms with Crippen LogP contribution in [0, 0.1) is 6.92 Å². The van der Waals surface area contributed by atoms with Gasteiger partial charge in [0.2, 0.25) is 0 Å². The Bertz CT molecular complexity index is 667. The maximum absolute atomic E-state index is 12.5. The molecule has 0 bridgehead atoms. The molecule has 3 rings (SSSR count). The number of rotatable bonds is 2. The van der Waals surface area contributed by atoms with Gasteiger partial charge in [0.1, 0.15) is 0 Å². The summed E-state index contributed by atoms with van der Waals surface area (Å²) in [6, 6.07) is 9.52. The number of likely N-dealkylation sites (tertiary alicyclic amines) is 1. The lowest BCUT2D eigenvalue weighted by molar-refractivity contribution is -0.0321. The molecule has 0 aliphatic carbocycles. The van der Waals surface area contributed by atoms with Crippen molar-refractivity contribution in [1.82, 2.24) is 9.47 Å². The van der Waals surface area contributed by atoms with Crippen LogP contribution in [0.15, 0.2) is 42.7 Å². The van der Waals surface area contributed by atoms with Crippen LogP contribution >= 0.6 is 0 Å². The molecule has 2 N–H and O–H groups in total. The van der Waals surface area contributed by atoms with Gasteiger partial charge in [-0.25, -0.2) is 0 Å². The van der Waals surface area contributed by atoms with Gasteiger partial charge in [0.15, 0.2) is 0 Å². The Kier molecular flexibility index (Phi) is 4.00. The third-order valence-corrected chi connectivity index (χ3v) is 4.16. The highest BCUT2D eigenvalue weighted by Gasteiger charge is 2.29. The smallest absolute Gasteiger partial charge is 0.253 e. The highest BCUT2D eigenvalue weighted by molar-refractivity contribution is 5.94. The zero-order valence-corrected chi connectivity index (χ0v) is 12.5. The standard InChI is InChI=1S/C17H20N2O3/c1-12-10-13(4-5-14(12)18-7-2-3-8-18)17(22)19-9-6-15(20)16(21)11-19/h2-5,7-8,10,15-16,20-21H,6,9,11H2,1H3/t15-,16-/m1/s1. The van der Waals surface area contributed by atoms with Crippen LogP contribution in [0.1, 0.15) is 22.3 Å². The van der Waals surface area contributed by atoms with Gasteiger partial charge in [0, 0.05) is 36.7 Å². The molecule has 5 heteroatoms. The van der Waals surface area contributed by atoms with Gasteiger partial charge in [-0.3, -0.25) is 4.79 Å². The van der Waals surface area contributed by atoms with Crippen molar-refractivity contribution in [2.75, 3.05) is 13.1 Å². The molecular weight excluding hydrogens is 280 g/mol. The van der Waals surface area contributed by atoms with E-state index >= 15 is 0 Å². The van der Waals surface area contributed by atoms with Crippen LogP contribution in [0.4, 0.5) is 0 Å². The molecule has 1 aromatic heterocycles. The number of aliphatic hydroxyl groups excluding tert-OH is 2. The molecule has 1 amide bonds. The molecular formula is C17H20N2O3. The van der Waals surface area contributed by atoms with Crippen LogP contribution in [0.2, 0.25) is 0 Å². The number of β-amino-alcohol motifs (C(OH)–C–C–N with tert-alkyl or cyclic N) is 1. The summed E-state index contributed by atoms with van der Waals surface area (Å²) in [5, 5.41) is 19.3. The fourth-order valence-electron chi connectivity index (χ4n) is 2.86. The van der Waals surface area contributed by atoms with Crippen molar-refractivity contribution in [2.45, 2.75) is 25.6 Å². The highest BCUT2D eigenvalue weighted by Crippen LogP contribution is 2.19. The van der Waals surface area contributed by atoms with Crippen LogP contribution in [-0.2, 0) is 0 Å². The van der Waals surface area contributed by atoms with Gasteiger partial charge in [-0.15, -0.1) is 0 Å². The average Bonchev–Trinajstić information content (AvgIpc) is 3.03. The average molecular weight is 300 g/mol. The molecule has 1 saturated heterocycles. The molecule has 2 atom stereocenters. The van der Waals surface area contributed by atoms with E-state index < -0.39 is 12.2 Å². The van der Waals surface area contributed by atoms with Gasteiger partial charge < -0.3 is 19.7 Å². The SMILES string of the molecule is Cc1cc(C(=O)N2CC[C@@H](O)[C@H](O)C2)ccc1-n1cccc1. The van der Waals surface area contributed by atoms with E-state index in [1.54, 1.807) is 4.90 Å². The summed E-state index contributed by atoms with van der Waals surface area (Å²) in [6.45, 7) is 2.62. The molecule has 1 fully saturated rings. The van der Waals surface area contributed by atoms with E-state index in [2.05, 4.69) is 0 Å². The van der Waals surface area contributed by atoms with E-state index in [1.165, 1.54) is 0 Å². The lowest BCUT2D eigenvalue weighted by Gasteiger charge is -2.33. The van der Waals surface area contributed by atoms with E-state index in [0.717, 1.165) is 11.3 Å². The van der Waals surface area contributed by atoms with Gasteiger partial charge in [-0.05, 0) is 49.2 Å². The molecule has 1 aromatic carbocycles. The van der Waals surface area contributed by atoms with Gasteiger partial charge in [0.25, 0.3) is 5.91 Å². The fraction of sp³-hybridized carbons (Fsp3) is 0.353. The first-order valence-electron chi connectivity index (χ1n) is 7.45. The van der Waals surface area contributed by atoms with Crippen molar-refractivity contribution < 1.29 is 15.0 Å². The zero-order chi connectivity index (χ0) is 15.7. The van der Waals surface area contributed by atoms with Crippen LogP contribution < -0.4 is 0 Å². The number of aliphatic hydroxyl groups is 2. The van der Waals surface area contributed by atoms with E-state index in [1.807, 2.05) is 54.2 Å². The second-order valence-electron chi connectivity index (χ2n) is 5.77. The van der Waals surface area contributed by atoms with Crippen molar-refractivity contribution in [1.29, 1.82) is 0 Å². The lowest BCUT2D eigenvalue weighted by atomic mass is 10.0. The Labute approximate surface area is 129 Å². The number of aromatic nitrogens is 1. The number of hydrogen-bond acceptors (Lipinski definition) is 3.